The molecule has 0 fully saturated rings. The van der Waals surface area contributed by atoms with E-state index in [-0.39, 0.29) is 28.6 Å². The van der Waals surface area contributed by atoms with Crippen LogP contribution >= 0.6 is 0 Å². The van der Waals surface area contributed by atoms with Crippen molar-refractivity contribution in [1.82, 2.24) is 24.9 Å². The van der Waals surface area contributed by atoms with Gasteiger partial charge in [0, 0.05) is 40.2 Å². The van der Waals surface area contributed by atoms with Crippen LogP contribution in [0.15, 0.2) is 200 Å². The molecule has 0 amide bonds. The summed E-state index contributed by atoms with van der Waals surface area (Å²) >= 11 is 0. The van der Waals surface area contributed by atoms with Crippen LogP contribution in [-0.4, -0.2) is 33.0 Å². The number of fused-ring (bicyclic) bond motifs is 3. The molecular weight excluding hydrogens is 687 g/mol. The smallest absolute Gasteiger partial charge is 0.185 e. The highest BCUT2D eigenvalue weighted by Crippen LogP contribution is 2.36. The van der Waals surface area contributed by atoms with Gasteiger partial charge in [-0.3, -0.25) is 9.97 Å². The lowest BCUT2D eigenvalue weighted by atomic mass is 10.0. The van der Waals surface area contributed by atoms with Crippen LogP contribution in [0.25, 0.3) is 67.8 Å². The maximum absolute atomic E-state index is 8.85. The Balaban J connectivity index is 1.32. The van der Waals surface area contributed by atoms with Crippen molar-refractivity contribution in [2.75, 3.05) is 0 Å². The first-order chi connectivity index (χ1) is 31.4. The van der Waals surface area contributed by atoms with Crippen LogP contribution < -0.4 is 20.7 Å². The Labute approximate surface area is 334 Å². The average Bonchev–Trinajstić information content (AvgIpc) is 3.66. The molecule has 6 heteroatoms. The van der Waals surface area contributed by atoms with Crippen LogP contribution in [0, 0.1) is 0 Å². The van der Waals surface area contributed by atoms with Crippen LogP contribution in [0.2, 0.25) is 0 Å². The summed E-state index contributed by atoms with van der Waals surface area (Å²) in [7, 11) is -3.54. The molecule has 9 aromatic rings. The molecule has 10 rings (SSSR count). The monoisotopic (exact) mass is 729 g/mol. The van der Waals surface area contributed by atoms with E-state index in [1.807, 2.05) is 103 Å². The van der Waals surface area contributed by atoms with E-state index >= 15 is 0 Å². The van der Waals surface area contributed by atoms with Crippen molar-refractivity contribution in [2.24, 2.45) is 0 Å². The largest absolute Gasteiger partial charge is 0.256 e. The number of hydrogen-bond acceptors (Lipinski definition) is 5. The standard InChI is InChI=1S/C49H33N5Si/c1-6-17-34(18-7-1)43-45-41(29-31-50-43)42-30-32-51-44(35-19-8-2-9-20-35)46(42)55(45,39-26-14-5-15-27-39)40-28-16-25-38(33-40)49-53-47(36-21-10-3-11-22-36)52-48(54-49)37-23-12-4-13-24-37/h1-33H/i3D,4D,10D,11D,12D,13D,21D,22D,23D,24D. The zero-order valence-corrected chi connectivity index (χ0v) is 30.0. The fourth-order valence-electron chi connectivity index (χ4n) is 7.66. The fourth-order valence-corrected chi connectivity index (χ4v) is 13.2. The Kier molecular flexibility index (Phi) is 5.84. The van der Waals surface area contributed by atoms with Gasteiger partial charge in [0.25, 0.3) is 0 Å². The second-order valence-corrected chi connectivity index (χ2v) is 16.6. The highest BCUT2D eigenvalue weighted by Gasteiger charge is 2.52. The lowest BCUT2D eigenvalue weighted by molar-refractivity contribution is 1.07. The third-order valence-corrected chi connectivity index (χ3v) is 14.8. The number of hydrogen-bond donors (Lipinski definition) is 0. The Morgan fingerprint density at radius 3 is 1.29 bits per heavy atom. The molecule has 0 spiro atoms. The lowest BCUT2D eigenvalue weighted by Gasteiger charge is -2.33. The molecule has 258 valence electrons. The molecular formula is C49H33N5Si. The zero-order chi connectivity index (χ0) is 45.3. The van der Waals surface area contributed by atoms with Crippen LogP contribution in [0.5, 0.6) is 0 Å². The van der Waals surface area contributed by atoms with Crippen molar-refractivity contribution in [3.63, 3.8) is 0 Å². The number of rotatable bonds is 7. The first-order valence-electron chi connectivity index (χ1n) is 22.6. The van der Waals surface area contributed by atoms with E-state index in [2.05, 4.69) is 35.3 Å². The van der Waals surface area contributed by atoms with Crippen molar-refractivity contribution in [1.29, 1.82) is 0 Å². The number of aromatic nitrogens is 5. The van der Waals surface area contributed by atoms with Crippen LogP contribution in [0.4, 0.5) is 0 Å². The molecule has 1 aliphatic heterocycles. The van der Waals surface area contributed by atoms with E-state index < -0.39 is 68.5 Å². The molecule has 0 N–H and O–H groups in total. The molecule has 0 radical (unpaired) electrons. The van der Waals surface area contributed by atoms with Gasteiger partial charge in [0.05, 0.1) is 25.1 Å². The molecule has 1 aliphatic rings. The first-order valence-corrected chi connectivity index (χ1v) is 19.6. The summed E-state index contributed by atoms with van der Waals surface area (Å²) in [5.74, 6) is -0.695. The Hall–Kier alpha value is -7.15. The van der Waals surface area contributed by atoms with Gasteiger partial charge >= 0.3 is 0 Å². The maximum Gasteiger partial charge on any atom is 0.185 e. The van der Waals surface area contributed by atoms with Gasteiger partial charge < -0.3 is 0 Å². The molecule has 0 bridgehead atoms. The lowest BCUT2D eigenvalue weighted by Crippen LogP contribution is -2.73. The van der Waals surface area contributed by atoms with E-state index in [1.165, 1.54) is 0 Å². The van der Waals surface area contributed by atoms with Gasteiger partial charge in [0.15, 0.2) is 25.5 Å². The van der Waals surface area contributed by atoms with E-state index in [9.17, 15) is 0 Å². The van der Waals surface area contributed by atoms with Crippen molar-refractivity contribution in [2.45, 2.75) is 0 Å². The third kappa shape index (κ3) is 5.50. The predicted octanol–water partition coefficient (Wildman–Crippen LogP) is 8.35. The summed E-state index contributed by atoms with van der Waals surface area (Å²) in [4.78, 5) is 24.3. The molecule has 4 heterocycles. The molecule has 0 atom stereocenters. The summed E-state index contributed by atoms with van der Waals surface area (Å²) in [6, 6.07) is 36.2. The quantitative estimate of drug-likeness (QED) is 0.154. The number of benzene rings is 6. The van der Waals surface area contributed by atoms with Gasteiger partial charge in [-0.05, 0) is 44.0 Å². The van der Waals surface area contributed by atoms with Gasteiger partial charge in [0.2, 0.25) is 0 Å². The summed E-state index contributed by atoms with van der Waals surface area (Å²) in [5.41, 5.74) is 5.27. The van der Waals surface area contributed by atoms with Crippen LogP contribution in [-0.2, 0) is 0 Å². The van der Waals surface area contributed by atoms with Gasteiger partial charge in [-0.15, -0.1) is 0 Å². The van der Waals surface area contributed by atoms with Gasteiger partial charge in [-0.1, -0.05) is 176 Å². The van der Waals surface area contributed by atoms with Crippen molar-refractivity contribution >= 4 is 28.8 Å². The number of nitrogens with zero attached hydrogens (tertiary/aromatic N) is 5. The van der Waals surface area contributed by atoms with Gasteiger partial charge in [0.1, 0.15) is 0 Å². The molecule has 3 aromatic heterocycles. The maximum atomic E-state index is 8.85. The van der Waals surface area contributed by atoms with E-state index in [0.29, 0.717) is 5.56 Å². The summed E-state index contributed by atoms with van der Waals surface area (Å²) in [5, 5.41) is 4.03. The molecule has 5 nitrogen and oxygen atoms in total. The van der Waals surface area contributed by atoms with E-state index in [0.717, 1.165) is 54.4 Å². The Bertz CT molecular complexity index is 3160. The molecule has 0 aliphatic carbocycles. The van der Waals surface area contributed by atoms with Crippen molar-refractivity contribution < 1.29 is 13.7 Å². The fraction of sp³-hybridized carbons (Fsp3) is 0. The molecule has 0 saturated heterocycles. The average molecular weight is 730 g/mol. The second kappa shape index (κ2) is 13.7. The second-order valence-electron chi connectivity index (χ2n) is 12.9. The highest BCUT2D eigenvalue weighted by atomic mass is 28.3. The van der Waals surface area contributed by atoms with Gasteiger partial charge in [-0.25, -0.2) is 15.0 Å². The zero-order valence-electron chi connectivity index (χ0n) is 39.0. The first kappa shape index (κ1) is 23.5. The molecule has 6 aromatic carbocycles. The summed E-state index contributed by atoms with van der Waals surface area (Å²) in [6.45, 7) is 0. The van der Waals surface area contributed by atoms with Crippen LogP contribution in [0.1, 0.15) is 13.7 Å². The summed E-state index contributed by atoms with van der Waals surface area (Å²) in [6.07, 6.45) is 3.68. The third-order valence-electron chi connectivity index (χ3n) is 9.88. The Morgan fingerprint density at radius 1 is 0.382 bits per heavy atom. The molecule has 0 saturated carbocycles. The Morgan fingerprint density at radius 2 is 0.800 bits per heavy atom. The number of pyridine rings is 2. The topological polar surface area (TPSA) is 64.5 Å². The highest BCUT2D eigenvalue weighted by molar-refractivity contribution is 7.23. The normalized spacial score (nSPS) is 15.1. The van der Waals surface area contributed by atoms with Crippen molar-refractivity contribution in [3.05, 3.63) is 200 Å². The minimum Gasteiger partial charge on any atom is -0.256 e. The van der Waals surface area contributed by atoms with Crippen molar-refractivity contribution in [3.8, 4) is 67.8 Å². The predicted molar refractivity (Wildman–Crippen MR) is 225 cm³/mol. The SMILES string of the molecule is [2H]c1c([2H])c([2H])c(-c2nc(-c3cccc([Si]4(c5ccccc5)c5c(ccnc5-c5ccccc5)-c5ccnc(-c6ccccc6)c54)c3)nc(-c3c([2H])c([2H])c([2H])c([2H])c3[2H])n2)c([2H])c1[2H]. The molecule has 55 heavy (non-hydrogen) atoms. The van der Waals surface area contributed by atoms with E-state index in [4.69, 9.17) is 33.6 Å². The van der Waals surface area contributed by atoms with Gasteiger partial charge in [-0.2, -0.15) is 0 Å². The van der Waals surface area contributed by atoms with Crippen LogP contribution in [0.3, 0.4) is 0 Å². The molecule has 0 unspecified atom stereocenters. The minimum absolute atomic E-state index is 0.0231. The summed E-state index contributed by atoms with van der Waals surface area (Å²) < 4.78 is 85.8. The minimum atomic E-state index is -3.54. The van der Waals surface area contributed by atoms with E-state index in [1.54, 1.807) is 6.07 Å².